The average molecular weight is 279 g/mol. The number of carbonyl (C=O) groups is 2. The average Bonchev–Trinajstić information content (AvgIpc) is 2.08. The molecule has 0 aliphatic heterocycles. The van der Waals surface area contributed by atoms with Crippen LogP contribution in [-0.2, 0) is 9.53 Å². The molecule has 0 heterocycles. The van der Waals surface area contributed by atoms with Crippen LogP contribution in [0.4, 0.5) is 13.6 Å². The monoisotopic (exact) mass is 279 g/mol. The Balaban J connectivity index is 2.56. The molecule has 5 nitrogen and oxygen atoms in total. The number of ether oxygens (including phenoxy) is 1. The number of alkyl halides is 2. The first-order valence-corrected chi connectivity index (χ1v) is 6.08. The number of halogens is 2. The van der Waals surface area contributed by atoms with Crippen molar-refractivity contribution in [3.05, 3.63) is 0 Å². The van der Waals surface area contributed by atoms with Crippen molar-refractivity contribution in [2.75, 3.05) is 0 Å². The highest BCUT2D eigenvalue weighted by Gasteiger charge is 2.49. The zero-order valence-electron chi connectivity index (χ0n) is 11.2. The van der Waals surface area contributed by atoms with Crippen LogP contribution in [0.5, 0.6) is 0 Å². The van der Waals surface area contributed by atoms with Crippen molar-refractivity contribution in [3.63, 3.8) is 0 Å². The van der Waals surface area contributed by atoms with E-state index in [2.05, 4.69) is 5.32 Å². The largest absolute Gasteiger partial charge is 0.481 e. The quantitative estimate of drug-likeness (QED) is 0.828. The van der Waals surface area contributed by atoms with Crippen molar-refractivity contribution < 1.29 is 28.2 Å². The highest BCUT2D eigenvalue weighted by molar-refractivity contribution is 5.71. The molecule has 1 aliphatic rings. The van der Waals surface area contributed by atoms with Crippen LogP contribution in [0.15, 0.2) is 0 Å². The lowest BCUT2D eigenvalue weighted by Gasteiger charge is -2.39. The summed E-state index contributed by atoms with van der Waals surface area (Å²) in [5.74, 6) is -4.42. The molecule has 1 aliphatic carbocycles. The molecule has 1 amide bonds. The van der Waals surface area contributed by atoms with Gasteiger partial charge in [-0.25, -0.2) is 13.6 Å². The molecule has 1 saturated carbocycles. The third-order valence-electron chi connectivity index (χ3n) is 2.79. The minimum atomic E-state index is -2.75. The maximum absolute atomic E-state index is 12.8. The van der Waals surface area contributed by atoms with Crippen molar-refractivity contribution in [1.82, 2.24) is 5.32 Å². The second-order valence-electron chi connectivity index (χ2n) is 5.87. The normalized spacial score (nSPS) is 20.3. The number of amides is 1. The molecule has 110 valence electrons. The number of hydrogen-bond donors (Lipinski definition) is 2. The first-order chi connectivity index (χ1) is 8.48. The second kappa shape index (κ2) is 5.30. The van der Waals surface area contributed by atoms with E-state index in [-0.39, 0.29) is 6.42 Å². The topological polar surface area (TPSA) is 75.6 Å². The van der Waals surface area contributed by atoms with Gasteiger partial charge < -0.3 is 15.2 Å². The van der Waals surface area contributed by atoms with Crippen LogP contribution in [0.2, 0.25) is 0 Å². The molecule has 1 atom stereocenters. The number of rotatable bonds is 4. The summed E-state index contributed by atoms with van der Waals surface area (Å²) in [5.41, 5.74) is -0.721. The molecule has 1 fully saturated rings. The van der Waals surface area contributed by atoms with E-state index >= 15 is 0 Å². The molecule has 0 aromatic heterocycles. The Bertz CT molecular complexity index is 357. The Morgan fingerprint density at radius 2 is 1.95 bits per heavy atom. The number of aliphatic carboxylic acids is 1. The van der Waals surface area contributed by atoms with Crippen molar-refractivity contribution in [2.45, 2.75) is 57.6 Å². The second-order valence-corrected chi connectivity index (χ2v) is 5.87. The summed E-state index contributed by atoms with van der Waals surface area (Å²) >= 11 is 0. The Hall–Kier alpha value is -1.40. The van der Waals surface area contributed by atoms with Gasteiger partial charge in [-0.1, -0.05) is 0 Å². The van der Waals surface area contributed by atoms with Gasteiger partial charge in [-0.2, -0.15) is 0 Å². The molecular weight excluding hydrogens is 260 g/mol. The van der Waals surface area contributed by atoms with Crippen LogP contribution in [0.3, 0.4) is 0 Å². The molecule has 0 aromatic rings. The lowest BCUT2D eigenvalue weighted by atomic mass is 9.75. The summed E-state index contributed by atoms with van der Waals surface area (Å²) < 4.78 is 30.6. The van der Waals surface area contributed by atoms with E-state index in [4.69, 9.17) is 9.84 Å². The van der Waals surface area contributed by atoms with Gasteiger partial charge in [-0.3, -0.25) is 4.79 Å². The highest BCUT2D eigenvalue weighted by Crippen LogP contribution is 2.44. The van der Waals surface area contributed by atoms with Gasteiger partial charge in [0.2, 0.25) is 5.92 Å². The third kappa shape index (κ3) is 5.40. The summed E-state index contributed by atoms with van der Waals surface area (Å²) in [5, 5.41) is 11.1. The Morgan fingerprint density at radius 3 is 2.32 bits per heavy atom. The Morgan fingerprint density at radius 1 is 1.42 bits per heavy atom. The van der Waals surface area contributed by atoms with Crippen LogP contribution >= 0.6 is 0 Å². The molecule has 0 bridgehead atoms. The van der Waals surface area contributed by atoms with Gasteiger partial charge in [0.05, 0.1) is 6.42 Å². The predicted molar refractivity (Wildman–Crippen MR) is 63.1 cm³/mol. The summed E-state index contributed by atoms with van der Waals surface area (Å²) in [6, 6.07) is -0.827. The van der Waals surface area contributed by atoms with Crippen LogP contribution in [0.25, 0.3) is 0 Å². The fourth-order valence-corrected chi connectivity index (χ4v) is 1.97. The van der Waals surface area contributed by atoms with Gasteiger partial charge >= 0.3 is 12.1 Å². The van der Waals surface area contributed by atoms with Crippen LogP contribution in [-0.4, -0.2) is 34.7 Å². The summed E-state index contributed by atoms with van der Waals surface area (Å²) in [6.45, 7) is 4.99. The zero-order valence-corrected chi connectivity index (χ0v) is 11.2. The Labute approximate surface area is 110 Å². The maximum Gasteiger partial charge on any atom is 0.407 e. The van der Waals surface area contributed by atoms with Crippen LogP contribution < -0.4 is 5.32 Å². The fraction of sp³-hybridized carbons (Fsp3) is 0.833. The molecule has 19 heavy (non-hydrogen) atoms. The molecule has 0 saturated heterocycles. The number of nitrogens with one attached hydrogen (secondary N) is 1. The van der Waals surface area contributed by atoms with E-state index in [1.165, 1.54) is 0 Å². The SMILES string of the molecule is CC(C)(C)OC(=O)N[C@H](CC(=O)O)C1CC(F)(F)C1. The first kappa shape index (κ1) is 15.7. The molecule has 0 aromatic carbocycles. The van der Waals surface area contributed by atoms with E-state index in [1.807, 2.05) is 0 Å². The lowest BCUT2D eigenvalue weighted by molar-refractivity contribution is -0.143. The van der Waals surface area contributed by atoms with Crippen LogP contribution in [0.1, 0.15) is 40.0 Å². The van der Waals surface area contributed by atoms with E-state index < -0.39 is 48.4 Å². The summed E-state index contributed by atoms with van der Waals surface area (Å²) in [7, 11) is 0. The molecular formula is C12H19F2NO4. The number of carbonyl (C=O) groups excluding carboxylic acids is 1. The van der Waals surface area contributed by atoms with Gasteiger partial charge in [0.1, 0.15) is 5.60 Å². The van der Waals surface area contributed by atoms with Crippen molar-refractivity contribution in [2.24, 2.45) is 5.92 Å². The first-order valence-electron chi connectivity index (χ1n) is 6.08. The summed E-state index contributed by atoms with van der Waals surface area (Å²) in [6.07, 6.45) is -1.98. The van der Waals surface area contributed by atoms with Crippen LogP contribution in [0, 0.1) is 5.92 Å². The molecule has 7 heteroatoms. The maximum atomic E-state index is 12.8. The van der Waals surface area contributed by atoms with Crippen molar-refractivity contribution in [1.29, 1.82) is 0 Å². The fourth-order valence-electron chi connectivity index (χ4n) is 1.97. The molecule has 0 spiro atoms. The third-order valence-corrected chi connectivity index (χ3v) is 2.79. The Kier molecular flexibility index (Phi) is 4.37. The highest BCUT2D eigenvalue weighted by atomic mass is 19.3. The number of hydrogen-bond acceptors (Lipinski definition) is 3. The van der Waals surface area contributed by atoms with Crippen molar-refractivity contribution in [3.8, 4) is 0 Å². The standard InChI is InChI=1S/C12H19F2NO4/c1-11(2,3)19-10(18)15-8(4-9(16)17)7-5-12(13,14)6-7/h7-8H,4-6H2,1-3H3,(H,15,18)(H,16,17)/t8-/m1/s1. The summed E-state index contributed by atoms with van der Waals surface area (Å²) in [4.78, 5) is 22.2. The van der Waals surface area contributed by atoms with E-state index in [9.17, 15) is 18.4 Å². The van der Waals surface area contributed by atoms with E-state index in [1.54, 1.807) is 20.8 Å². The van der Waals surface area contributed by atoms with E-state index in [0.29, 0.717) is 0 Å². The number of carboxylic acids is 1. The van der Waals surface area contributed by atoms with Gasteiger partial charge in [-0.05, 0) is 26.7 Å². The van der Waals surface area contributed by atoms with Gasteiger partial charge in [0.25, 0.3) is 0 Å². The molecule has 2 N–H and O–H groups in total. The molecule has 1 rings (SSSR count). The lowest BCUT2D eigenvalue weighted by Crippen LogP contribution is -2.51. The van der Waals surface area contributed by atoms with E-state index in [0.717, 1.165) is 0 Å². The van der Waals surface area contributed by atoms with Crippen molar-refractivity contribution >= 4 is 12.1 Å². The minimum absolute atomic E-state index is 0.389. The molecule has 0 radical (unpaired) electrons. The zero-order chi connectivity index (χ0) is 14.8. The van der Waals surface area contributed by atoms with Gasteiger partial charge in [0, 0.05) is 18.9 Å². The smallest absolute Gasteiger partial charge is 0.407 e. The predicted octanol–water partition coefficient (Wildman–Crippen LogP) is 2.40. The van der Waals surface area contributed by atoms with Gasteiger partial charge in [0.15, 0.2) is 0 Å². The number of alkyl carbamates (subject to hydrolysis) is 1. The minimum Gasteiger partial charge on any atom is -0.481 e. The van der Waals surface area contributed by atoms with Gasteiger partial charge in [-0.15, -0.1) is 0 Å². The number of carboxylic acid groups (broad SMARTS) is 1. The molecule has 0 unspecified atom stereocenters.